The molecule has 40 heavy (non-hydrogen) atoms. The van der Waals surface area contributed by atoms with Gasteiger partial charge in [0.25, 0.3) is 5.97 Å². The molecule has 0 radical (unpaired) electrons. The molecule has 0 saturated carbocycles. The maximum atomic E-state index is 12.4. The van der Waals surface area contributed by atoms with Gasteiger partial charge in [-0.3, -0.25) is 14.5 Å². The zero-order valence-electron chi connectivity index (χ0n) is 24.1. The third-order valence-corrected chi connectivity index (χ3v) is 6.22. The molecule has 0 spiro atoms. The van der Waals surface area contributed by atoms with Crippen LogP contribution in [0.4, 0.5) is 0 Å². The van der Waals surface area contributed by atoms with E-state index in [2.05, 4.69) is 36.5 Å². The van der Waals surface area contributed by atoms with Crippen molar-refractivity contribution in [1.82, 2.24) is 10.2 Å². The summed E-state index contributed by atoms with van der Waals surface area (Å²) in [6, 6.07) is 26.1. The van der Waals surface area contributed by atoms with Crippen LogP contribution < -0.4 is 15.5 Å². The third kappa shape index (κ3) is 8.83. The first-order chi connectivity index (χ1) is 19.4. The van der Waals surface area contributed by atoms with Gasteiger partial charge < -0.3 is 19.4 Å². The van der Waals surface area contributed by atoms with E-state index >= 15 is 0 Å². The van der Waals surface area contributed by atoms with Crippen LogP contribution >= 0.6 is 0 Å². The number of ether oxygens (including phenoxy) is 1. The first kappa shape index (κ1) is 30.7. The molecule has 3 aromatic carbocycles. The second-order valence-corrected chi connectivity index (χ2v) is 9.57. The van der Waals surface area contributed by atoms with Gasteiger partial charge in [0.15, 0.2) is 0 Å². The number of nitrogens with zero attached hydrogens (tertiary/aromatic N) is 1. The van der Waals surface area contributed by atoms with Gasteiger partial charge in [0.1, 0.15) is 12.4 Å². The highest BCUT2D eigenvalue weighted by molar-refractivity contribution is 6.64. The molecule has 1 N–H and O–H groups in total. The fourth-order valence-electron chi connectivity index (χ4n) is 4.25. The van der Waals surface area contributed by atoms with E-state index in [9.17, 15) is 9.59 Å². The Labute approximate surface area is 238 Å². The minimum atomic E-state index is -1.12. The summed E-state index contributed by atoms with van der Waals surface area (Å²) in [7, 11) is 4.33. The van der Waals surface area contributed by atoms with Crippen LogP contribution in [-0.2, 0) is 18.9 Å². The van der Waals surface area contributed by atoms with Crippen LogP contribution in [0.5, 0.6) is 5.75 Å². The highest BCUT2D eigenvalue weighted by atomic mass is 16.6. The van der Waals surface area contributed by atoms with E-state index in [1.807, 2.05) is 61.6 Å². The van der Waals surface area contributed by atoms with Crippen molar-refractivity contribution >= 4 is 35.7 Å². The predicted octanol–water partition coefficient (Wildman–Crippen LogP) is 4.41. The number of carbonyl (C=O) groups is 2. The Morgan fingerprint density at radius 2 is 1.38 bits per heavy atom. The highest BCUT2D eigenvalue weighted by Gasteiger charge is 2.30. The van der Waals surface area contributed by atoms with Crippen molar-refractivity contribution in [2.24, 2.45) is 0 Å². The minimum Gasteiger partial charge on any atom is -0.495 e. The average molecular weight is 542 g/mol. The quantitative estimate of drug-likeness (QED) is 0.184. The van der Waals surface area contributed by atoms with Crippen molar-refractivity contribution in [2.75, 3.05) is 40.8 Å². The van der Waals surface area contributed by atoms with E-state index < -0.39 is 19.1 Å². The number of hydrogen-bond acceptors (Lipinski definition) is 7. The normalized spacial score (nSPS) is 11.6. The zero-order valence-corrected chi connectivity index (χ0v) is 24.1. The summed E-state index contributed by atoms with van der Waals surface area (Å²) >= 11 is 0. The lowest BCUT2D eigenvalue weighted by Crippen LogP contribution is -2.42. The van der Waals surface area contributed by atoms with Crippen molar-refractivity contribution in [3.8, 4) is 5.75 Å². The Morgan fingerprint density at radius 1 is 0.775 bits per heavy atom. The Morgan fingerprint density at radius 3 is 1.93 bits per heavy atom. The van der Waals surface area contributed by atoms with Crippen LogP contribution in [0.15, 0.2) is 78.9 Å². The molecule has 3 rings (SSSR count). The molecule has 0 fully saturated rings. The van der Waals surface area contributed by atoms with E-state index in [4.69, 9.17) is 14.0 Å². The van der Waals surface area contributed by atoms with E-state index in [1.54, 1.807) is 25.9 Å². The molecule has 8 heteroatoms. The van der Waals surface area contributed by atoms with Gasteiger partial charge in [0, 0.05) is 18.4 Å². The molecule has 0 aliphatic carbocycles. The van der Waals surface area contributed by atoms with E-state index in [-0.39, 0.29) is 13.0 Å². The maximum Gasteiger partial charge on any atom is 0.636 e. The smallest absolute Gasteiger partial charge is 0.495 e. The van der Waals surface area contributed by atoms with Crippen molar-refractivity contribution in [2.45, 2.75) is 26.7 Å². The van der Waals surface area contributed by atoms with Gasteiger partial charge in [-0.1, -0.05) is 80.6 Å². The lowest BCUT2D eigenvalue weighted by molar-refractivity contribution is -0.140. The Balaban J connectivity index is 2.02. The van der Waals surface area contributed by atoms with Crippen molar-refractivity contribution in [1.29, 1.82) is 0 Å². The molecule has 3 aromatic rings. The molecule has 0 amide bonds. The maximum absolute atomic E-state index is 12.4. The summed E-state index contributed by atoms with van der Waals surface area (Å²) in [5, 5.41) is 3.08. The average Bonchev–Trinajstić information content (AvgIpc) is 2.96. The molecule has 0 aliphatic rings. The van der Waals surface area contributed by atoms with Gasteiger partial charge in [-0.15, -0.1) is 0 Å². The number of likely N-dealkylation sites (N-methyl/N-ethyl adjacent to an activating group) is 2. The van der Waals surface area contributed by atoms with Gasteiger partial charge in [-0.05, 0) is 67.5 Å². The highest BCUT2D eigenvalue weighted by Crippen LogP contribution is 2.34. The molecule has 0 atom stereocenters. The SMILES string of the molecule is CCC(=O)OB(OC(=O)CN(C)C)c1ccc(C(=C(CC)c2ccccc2)c2ccc(OCCNC)cc2)cc1. The van der Waals surface area contributed by atoms with Gasteiger partial charge in [0.2, 0.25) is 0 Å². The van der Waals surface area contributed by atoms with E-state index in [1.165, 1.54) is 5.57 Å². The molecular weight excluding hydrogens is 503 g/mol. The number of allylic oxidation sites excluding steroid dienone is 1. The lowest BCUT2D eigenvalue weighted by atomic mass is 9.77. The van der Waals surface area contributed by atoms with Crippen molar-refractivity contribution in [3.05, 3.63) is 95.6 Å². The molecule has 0 aromatic heterocycles. The fourth-order valence-corrected chi connectivity index (χ4v) is 4.25. The largest absolute Gasteiger partial charge is 0.636 e. The van der Waals surface area contributed by atoms with Crippen LogP contribution in [0.1, 0.15) is 43.4 Å². The van der Waals surface area contributed by atoms with Crippen LogP contribution in [0.25, 0.3) is 11.1 Å². The number of carbonyl (C=O) groups excluding carboxylic acids is 2. The van der Waals surface area contributed by atoms with E-state index in [0.717, 1.165) is 41.0 Å². The predicted molar refractivity (Wildman–Crippen MR) is 161 cm³/mol. The van der Waals surface area contributed by atoms with Crippen molar-refractivity contribution in [3.63, 3.8) is 0 Å². The summed E-state index contributed by atoms with van der Waals surface area (Å²) in [4.78, 5) is 26.2. The molecule has 0 unspecified atom stereocenters. The number of hydrogen-bond donors (Lipinski definition) is 1. The third-order valence-electron chi connectivity index (χ3n) is 6.22. The molecular formula is C32H39BN2O5. The first-order valence-electron chi connectivity index (χ1n) is 13.7. The second-order valence-electron chi connectivity index (χ2n) is 9.57. The summed E-state index contributed by atoms with van der Waals surface area (Å²) in [5.41, 5.74) is 6.07. The van der Waals surface area contributed by atoms with Crippen LogP contribution in [0, 0.1) is 0 Å². The van der Waals surface area contributed by atoms with E-state index in [0.29, 0.717) is 12.1 Å². The standard InChI is InChI=1S/C32H39BN2O5/c1-6-29(24-11-9-8-10-12-24)32(26-15-19-28(20-16-26)38-22-21-34-3)25-13-17-27(18-14-25)33(39-30(36)7-2)40-31(37)23-35(4)5/h8-20,34H,6-7,21-23H2,1-5H3. The monoisotopic (exact) mass is 542 g/mol. The van der Waals surface area contributed by atoms with Gasteiger partial charge in [0.05, 0.1) is 6.54 Å². The lowest BCUT2D eigenvalue weighted by Gasteiger charge is -2.19. The number of rotatable bonds is 14. The molecule has 210 valence electrons. The summed E-state index contributed by atoms with van der Waals surface area (Å²) in [6.07, 6.45) is 0.999. The van der Waals surface area contributed by atoms with Gasteiger partial charge >= 0.3 is 13.1 Å². The Bertz CT molecular complexity index is 1260. The molecule has 7 nitrogen and oxygen atoms in total. The fraction of sp³-hybridized carbons (Fsp3) is 0.312. The second kappa shape index (κ2) is 15.6. The van der Waals surface area contributed by atoms with Crippen molar-refractivity contribution < 1.29 is 23.6 Å². The topological polar surface area (TPSA) is 77.1 Å². The zero-order chi connectivity index (χ0) is 28.9. The minimum absolute atomic E-state index is 0.0801. The first-order valence-corrected chi connectivity index (χ1v) is 13.7. The van der Waals surface area contributed by atoms with Gasteiger partial charge in [-0.25, -0.2) is 0 Å². The van der Waals surface area contributed by atoms with Crippen LogP contribution in [-0.4, -0.2) is 64.8 Å². The van der Waals surface area contributed by atoms with Crippen LogP contribution in [0.2, 0.25) is 0 Å². The molecule has 0 saturated heterocycles. The summed E-state index contributed by atoms with van der Waals surface area (Å²) < 4.78 is 16.9. The van der Waals surface area contributed by atoms with Crippen LogP contribution in [0.3, 0.4) is 0 Å². The summed E-state index contributed by atoms with van der Waals surface area (Å²) in [6.45, 7) is 5.29. The number of nitrogens with one attached hydrogen (secondary N) is 1. The Hall–Kier alpha value is -3.88. The molecule has 0 heterocycles. The number of benzene rings is 3. The molecule has 0 aliphatic heterocycles. The summed E-state index contributed by atoms with van der Waals surface area (Å²) in [5.74, 6) is -0.105. The molecule has 0 bridgehead atoms. The van der Waals surface area contributed by atoms with Gasteiger partial charge in [-0.2, -0.15) is 0 Å². The Kier molecular flexibility index (Phi) is 12.0.